The number of hydrogen-bond donors (Lipinski definition) is 1. The van der Waals surface area contributed by atoms with Gasteiger partial charge in [0.05, 0.1) is 0 Å². The summed E-state index contributed by atoms with van der Waals surface area (Å²) >= 11 is 0. The molecular weight excluding hydrogens is 164 g/mol. The van der Waals surface area contributed by atoms with Crippen LogP contribution in [0.5, 0.6) is 0 Å². The van der Waals surface area contributed by atoms with Crippen LogP contribution in [0.1, 0.15) is 34.1 Å². The lowest BCUT2D eigenvalue weighted by Gasteiger charge is -2.29. The first-order valence-corrected chi connectivity index (χ1v) is 4.90. The van der Waals surface area contributed by atoms with Crippen molar-refractivity contribution in [2.75, 3.05) is 6.54 Å². The van der Waals surface area contributed by atoms with E-state index in [1.807, 2.05) is 32.6 Å². The number of amides is 1. The molecule has 0 aliphatic carbocycles. The largest absolute Gasteiger partial charge is 0.338 e. The van der Waals surface area contributed by atoms with Crippen LogP contribution in [0, 0.1) is 5.41 Å². The summed E-state index contributed by atoms with van der Waals surface area (Å²) in [7, 11) is 0. The third kappa shape index (κ3) is 2.02. The SMILES string of the molecule is CC1C(N)CCN1C(=O)C(C)(C)C. The molecule has 1 aliphatic heterocycles. The lowest BCUT2D eigenvalue weighted by molar-refractivity contribution is -0.140. The van der Waals surface area contributed by atoms with Crippen LogP contribution in [0.3, 0.4) is 0 Å². The predicted molar refractivity (Wildman–Crippen MR) is 53.2 cm³/mol. The monoisotopic (exact) mass is 184 g/mol. The standard InChI is InChI=1S/C10H20N2O/c1-7-8(11)5-6-12(7)9(13)10(2,3)4/h7-8H,5-6,11H2,1-4H3. The molecule has 1 saturated heterocycles. The zero-order chi connectivity index (χ0) is 10.2. The molecule has 76 valence electrons. The predicted octanol–water partition coefficient (Wildman–Crippen LogP) is 0.981. The molecule has 0 saturated carbocycles. The molecule has 1 amide bonds. The van der Waals surface area contributed by atoms with Crippen molar-refractivity contribution in [3.8, 4) is 0 Å². The number of rotatable bonds is 0. The molecule has 3 heteroatoms. The second kappa shape index (κ2) is 3.29. The lowest BCUT2D eigenvalue weighted by Crippen LogP contribution is -2.45. The van der Waals surface area contributed by atoms with Gasteiger partial charge in [-0.15, -0.1) is 0 Å². The minimum Gasteiger partial charge on any atom is -0.338 e. The van der Waals surface area contributed by atoms with Crippen LogP contribution in [-0.4, -0.2) is 29.4 Å². The van der Waals surface area contributed by atoms with Crippen molar-refractivity contribution < 1.29 is 4.79 Å². The Labute approximate surface area is 80.3 Å². The molecule has 2 atom stereocenters. The Bertz CT molecular complexity index is 207. The molecule has 0 aromatic rings. The molecule has 1 fully saturated rings. The number of nitrogens with two attached hydrogens (primary N) is 1. The van der Waals surface area contributed by atoms with E-state index in [1.165, 1.54) is 0 Å². The van der Waals surface area contributed by atoms with Crippen LogP contribution in [0.2, 0.25) is 0 Å². The normalized spacial score (nSPS) is 29.5. The summed E-state index contributed by atoms with van der Waals surface area (Å²) in [5.74, 6) is 0.216. The topological polar surface area (TPSA) is 46.3 Å². The third-order valence-corrected chi connectivity index (χ3v) is 2.72. The fourth-order valence-electron chi connectivity index (χ4n) is 1.68. The Morgan fingerprint density at radius 2 is 2.00 bits per heavy atom. The van der Waals surface area contributed by atoms with Crippen LogP contribution in [-0.2, 0) is 4.79 Å². The Hall–Kier alpha value is -0.570. The van der Waals surface area contributed by atoms with Crippen molar-refractivity contribution >= 4 is 5.91 Å². The second-order valence-corrected chi connectivity index (χ2v) is 4.94. The smallest absolute Gasteiger partial charge is 0.228 e. The molecule has 3 nitrogen and oxygen atoms in total. The molecule has 1 aliphatic rings. The van der Waals surface area contributed by atoms with Gasteiger partial charge < -0.3 is 10.6 Å². The van der Waals surface area contributed by atoms with Crippen LogP contribution in [0.4, 0.5) is 0 Å². The van der Waals surface area contributed by atoms with Gasteiger partial charge in [-0.2, -0.15) is 0 Å². The van der Waals surface area contributed by atoms with E-state index in [-0.39, 0.29) is 23.4 Å². The van der Waals surface area contributed by atoms with Gasteiger partial charge in [0.2, 0.25) is 5.91 Å². The van der Waals surface area contributed by atoms with E-state index in [0.29, 0.717) is 0 Å². The van der Waals surface area contributed by atoms with Gasteiger partial charge in [0.1, 0.15) is 0 Å². The highest BCUT2D eigenvalue weighted by atomic mass is 16.2. The Morgan fingerprint density at radius 3 is 2.31 bits per heavy atom. The minimum atomic E-state index is -0.279. The summed E-state index contributed by atoms with van der Waals surface area (Å²) in [4.78, 5) is 13.8. The summed E-state index contributed by atoms with van der Waals surface area (Å²) in [5.41, 5.74) is 5.58. The van der Waals surface area contributed by atoms with E-state index in [0.717, 1.165) is 13.0 Å². The van der Waals surface area contributed by atoms with E-state index in [1.54, 1.807) is 0 Å². The van der Waals surface area contributed by atoms with Gasteiger partial charge in [0, 0.05) is 24.0 Å². The number of carbonyl (C=O) groups is 1. The summed E-state index contributed by atoms with van der Waals surface area (Å²) in [5, 5.41) is 0. The zero-order valence-corrected chi connectivity index (χ0v) is 9.00. The highest BCUT2D eigenvalue weighted by molar-refractivity contribution is 5.82. The molecule has 0 radical (unpaired) electrons. The molecule has 0 aromatic heterocycles. The van der Waals surface area contributed by atoms with Gasteiger partial charge in [-0.1, -0.05) is 20.8 Å². The maximum absolute atomic E-state index is 11.9. The van der Waals surface area contributed by atoms with Crippen LogP contribution < -0.4 is 5.73 Å². The average Bonchev–Trinajstić information content (AvgIpc) is 2.30. The third-order valence-electron chi connectivity index (χ3n) is 2.72. The van der Waals surface area contributed by atoms with Gasteiger partial charge in [-0.05, 0) is 13.3 Å². The minimum absolute atomic E-state index is 0.159. The highest BCUT2D eigenvalue weighted by Gasteiger charge is 2.36. The van der Waals surface area contributed by atoms with Crippen molar-refractivity contribution in [2.45, 2.75) is 46.2 Å². The average molecular weight is 184 g/mol. The molecule has 1 heterocycles. The van der Waals surface area contributed by atoms with E-state index in [9.17, 15) is 4.79 Å². The maximum Gasteiger partial charge on any atom is 0.228 e. The quantitative estimate of drug-likeness (QED) is 0.610. The molecular formula is C10H20N2O. The Balaban J connectivity index is 2.69. The van der Waals surface area contributed by atoms with Crippen LogP contribution in [0.25, 0.3) is 0 Å². The molecule has 0 aromatic carbocycles. The number of hydrogen-bond acceptors (Lipinski definition) is 2. The van der Waals surface area contributed by atoms with Crippen molar-refractivity contribution in [1.82, 2.24) is 4.90 Å². The van der Waals surface area contributed by atoms with Crippen molar-refractivity contribution in [3.63, 3.8) is 0 Å². The molecule has 2 N–H and O–H groups in total. The van der Waals surface area contributed by atoms with Crippen molar-refractivity contribution in [3.05, 3.63) is 0 Å². The second-order valence-electron chi connectivity index (χ2n) is 4.94. The van der Waals surface area contributed by atoms with Gasteiger partial charge in [0.25, 0.3) is 0 Å². The van der Waals surface area contributed by atoms with Crippen LogP contribution in [0.15, 0.2) is 0 Å². The maximum atomic E-state index is 11.9. The number of likely N-dealkylation sites (tertiary alicyclic amines) is 1. The molecule has 2 unspecified atom stereocenters. The molecule has 0 bridgehead atoms. The summed E-state index contributed by atoms with van der Waals surface area (Å²) in [6.45, 7) is 8.70. The summed E-state index contributed by atoms with van der Waals surface area (Å²) in [6, 6.07) is 0.359. The van der Waals surface area contributed by atoms with Crippen molar-refractivity contribution in [1.29, 1.82) is 0 Å². The lowest BCUT2D eigenvalue weighted by atomic mass is 9.94. The van der Waals surface area contributed by atoms with Crippen molar-refractivity contribution in [2.24, 2.45) is 11.1 Å². The van der Waals surface area contributed by atoms with Gasteiger partial charge in [-0.3, -0.25) is 4.79 Å². The molecule has 0 spiro atoms. The summed E-state index contributed by atoms with van der Waals surface area (Å²) in [6.07, 6.45) is 0.934. The zero-order valence-electron chi connectivity index (χ0n) is 9.00. The van der Waals surface area contributed by atoms with E-state index >= 15 is 0 Å². The van der Waals surface area contributed by atoms with Gasteiger partial charge in [-0.25, -0.2) is 0 Å². The molecule has 13 heavy (non-hydrogen) atoms. The number of carbonyl (C=O) groups excluding carboxylic acids is 1. The first-order chi connectivity index (χ1) is 5.84. The van der Waals surface area contributed by atoms with Gasteiger partial charge in [0.15, 0.2) is 0 Å². The first-order valence-electron chi connectivity index (χ1n) is 4.90. The first kappa shape index (κ1) is 10.5. The fraction of sp³-hybridized carbons (Fsp3) is 0.900. The van der Waals surface area contributed by atoms with E-state index in [4.69, 9.17) is 5.73 Å². The van der Waals surface area contributed by atoms with Gasteiger partial charge >= 0.3 is 0 Å². The Morgan fingerprint density at radius 1 is 1.46 bits per heavy atom. The molecule has 1 rings (SSSR count). The van der Waals surface area contributed by atoms with Crippen LogP contribution >= 0.6 is 0 Å². The van der Waals surface area contributed by atoms with E-state index in [2.05, 4.69) is 0 Å². The number of nitrogens with zero attached hydrogens (tertiary/aromatic N) is 1. The highest BCUT2D eigenvalue weighted by Crippen LogP contribution is 2.24. The Kier molecular flexibility index (Phi) is 2.66. The summed E-state index contributed by atoms with van der Waals surface area (Å²) < 4.78 is 0. The van der Waals surface area contributed by atoms with E-state index < -0.39 is 0 Å². The fourth-order valence-corrected chi connectivity index (χ4v) is 1.68.